The summed E-state index contributed by atoms with van der Waals surface area (Å²) in [5, 5.41) is 11.5. The molecule has 8 heteroatoms. The molecule has 7 nitrogen and oxygen atoms in total. The minimum Gasteiger partial charge on any atom is -0.441 e. The molecule has 0 unspecified atom stereocenters. The number of hydrogen-bond acceptors (Lipinski definition) is 6. The van der Waals surface area contributed by atoms with Crippen molar-refractivity contribution in [3.63, 3.8) is 0 Å². The molecule has 0 bridgehead atoms. The van der Waals surface area contributed by atoms with Gasteiger partial charge >= 0.3 is 0 Å². The fraction of sp³-hybridized carbons (Fsp3) is 0.367. The molecule has 194 valence electrons. The Morgan fingerprint density at radius 2 is 2.13 bits per heavy atom. The molecule has 1 N–H and O–H groups in total. The predicted molar refractivity (Wildman–Crippen MR) is 150 cm³/mol. The number of hydrogen-bond donors (Lipinski definition) is 1. The second kappa shape index (κ2) is 9.67. The van der Waals surface area contributed by atoms with E-state index >= 15 is 0 Å². The van der Waals surface area contributed by atoms with Crippen molar-refractivity contribution < 1.29 is 9.21 Å². The Morgan fingerprint density at radius 3 is 3.08 bits per heavy atom. The summed E-state index contributed by atoms with van der Waals surface area (Å²) in [5.41, 5.74) is 7.19. The number of carbonyl (C=O) groups excluding carboxylic acids is 1. The first-order chi connectivity index (χ1) is 18.6. The van der Waals surface area contributed by atoms with Gasteiger partial charge in [0.15, 0.2) is 11.5 Å². The molecule has 1 atom stereocenters. The van der Waals surface area contributed by atoms with Gasteiger partial charge < -0.3 is 9.32 Å². The van der Waals surface area contributed by atoms with E-state index in [0.717, 1.165) is 79.1 Å². The zero-order valence-electron chi connectivity index (χ0n) is 21.6. The van der Waals surface area contributed by atoms with Gasteiger partial charge in [-0.2, -0.15) is 5.10 Å². The highest BCUT2D eigenvalue weighted by Crippen LogP contribution is 2.32. The van der Waals surface area contributed by atoms with Crippen LogP contribution in [0.3, 0.4) is 0 Å². The lowest BCUT2D eigenvalue weighted by Gasteiger charge is -2.34. The Morgan fingerprint density at radius 1 is 1.21 bits per heavy atom. The van der Waals surface area contributed by atoms with Crippen molar-refractivity contribution >= 4 is 38.4 Å². The van der Waals surface area contributed by atoms with E-state index in [1.54, 1.807) is 0 Å². The standard InChI is InChI=1S/C30H31N5O2S/c1-19-31-26-14-21(8-9-27(26)37-19)30-24-17-35(12-10-25(24)32-33-30)29(36)13-20-5-4-11-34(15-20)16-22-18-38-28-7-3-2-6-23(22)28/h2-3,6-9,14,18,20H,4-5,10-13,15-17H2,1H3,(H,32,33)/t20-/m0/s1. The molecular formula is C30H31N5O2S. The van der Waals surface area contributed by atoms with Gasteiger partial charge in [-0.15, -0.1) is 11.3 Å². The molecule has 38 heavy (non-hydrogen) atoms. The number of aromatic nitrogens is 3. The van der Waals surface area contributed by atoms with E-state index in [9.17, 15) is 4.79 Å². The van der Waals surface area contributed by atoms with Crippen LogP contribution in [0, 0.1) is 12.8 Å². The number of nitrogens with one attached hydrogen (secondary N) is 1. The van der Waals surface area contributed by atoms with Crippen molar-refractivity contribution in [1.82, 2.24) is 25.0 Å². The normalized spacial score (nSPS) is 18.3. The quantitative estimate of drug-likeness (QED) is 0.308. The molecule has 3 aromatic heterocycles. The van der Waals surface area contributed by atoms with Crippen LogP contribution < -0.4 is 0 Å². The van der Waals surface area contributed by atoms with E-state index in [4.69, 9.17) is 4.42 Å². The molecule has 2 aromatic carbocycles. The summed E-state index contributed by atoms with van der Waals surface area (Å²) in [5.74, 6) is 1.32. The van der Waals surface area contributed by atoms with Gasteiger partial charge in [0.05, 0.1) is 5.69 Å². The van der Waals surface area contributed by atoms with Gasteiger partial charge in [-0.05, 0) is 65.9 Å². The highest BCUT2D eigenvalue weighted by molar-refractivity contribution is 7.17. The number of thiophene rings is 1. The molecule has 7 rings (SSSR count). The summed E-state index contributed by atoms with van der Waals surface area (Å²) >= 11 is 1.83. The fourth-order valence-corrected chi connectivity index (χ4v) is 7.12. The number of nitrogens with zero attached hydrogens (tertiary/aromatic N) is 4. The van der Waals surface area contributed by atoms with Gasteiger partial charge in [0.25, 0.3) is 0 Å². The van der Waals surface area contributed by atoms with Crippen molar-refractivity contribution in [3.8, 4) is 11.3 Å². The van der Waals surface area contributed by atoms with Gasteiger partial charge in [0.2, 0.25) is 5.91 Å². The van der Waals surface area contributed by atoms with Gasteiger partial charge in [0, 0.05) is 67.5 Å². The Bertz CT molecular complexity index is 1630. The summed E-state index contributed by atoms with van der Waals surface area (Å²) in [6, 6.07) is 14.7. The Labute approximate surface area is 225 Å². The van der Waals surface area contributed by atoms with Gasteiger partial charge in [0.1, 0.15) is 5.52 Å². The van der Waals surface area contributed by atoms with Crippen LogP contribution in [0.2, 0.25) is 0 Å². The summed E-state index contributed by atoms with van der Waals surface area (Å²) < 4.78 is 6.99. The average Bonchev–Trinajstić information content (AvgIpc) is 3.64. The highest BCUT2D eigenvalue weighted by Gasteiger charge is 2.29. The SMILES string of the molecule is Cc1nc2cc(-c3n[nH]c4c3CN(C(=O)C[C@@H]3CCCN(Cc5csc6ccccc56)C3)CC4)ccc2o1. The Kier molecular flexibility index (Phi) is 6.01. The van der Waals surface area contributed by atoms with E-state index in [1.165, 1.54) is 15.6 Å². The van der Waals surface area contributed by atoms with Crippen LogP contribution in [0.25, 0.3) is 32.4 Å². The second-order valence-corrected chi connectivity index (χ2v) is 11.6. The van der Waals surface area contributed by atoms with Crippen molar-refractivity contribution in [2.45, 2.75) is 45.7 Å². The largest absolute Gasteiger partial charge is 0.441 e. The van der Waals surface area contributed by atoms with Crippen molar-refractivity contribution in [2.24, 2.45) is 5.92 Å². The summed E-state index contributed by atoms with van der Waals surface area (Å²) in [7, 11) is 0. The van der Waals surface area contributed by atoms with Gasteiger partial charge in [-0.25, -0.2) is 4.98 Å². The van der Waals surface area contributed by atoms with E-state index in [0.29, 0.717) is 24.8 Å². The van der Waals surface area contributed by atoms with Crippen LogP contribution in [0.15, 0.2) is 52.3 Å². The molecule has 1 saturated heterocycles. The lowest BCUT2D eigenvalue weighted by molar-refractivity contribution is -0.133. The Hall–Kier alpha value is -3.49. The maximum atomic E-state index is 13.5. The first-order valence-electron chi connectivity index (χ1n) is 13.5. The van der Waals surface area contributed by atoms with Crippen molar-refractivity contribution in [1.29, 1.82) is 0 Å². The van der Waals surface area contributed by atoms with E-state index in [2.05, 4.69) is 49.7 Å². The lowest BCUT2D eigenvalue weighted by atomic mass is 9.93. The van der Waals surface area contributed by atoms with Crippen LogP contribution in [0.1, 0.15) is 42.0 Å². The van der Waals surface area contributed by atoms with Crippen LogP contribution in [-0.4, -0.2) is 50.5 Å². The van der Waals surface area contributed by atoms with E-state index in [-0.39, 0.29) is 5.91 Å². The zero-order chi connectivity index (χ0) is 25.6. The molecule has 2 aliphatic rings. The monoisotopic (exact) mass is 525 g/mol. The molecule has 2 aliphatic heterocycles. The van der Waals surface area contributed by atoms with Crippen LogP contribution in [0.4, 0.5) is 0 Å². The minimum absolute atomic E-state index is 0.262. The number of oxazole rings is 1. The summed E-state index contributed by atoms with van der Waals surface area (Å²) in [6.07, 6.45) is 3.70. The number of aromatic amines is 1. The van der Waals surface area contributed by atoms with Gasteiger partial charge in [-0.1, -0.05) is 18.2 Å². The first kappa shape index (κ1) is 23.6. The third-order valence-corrected chi connectivity index (χ3v) is 9.09. The van der Waals surface area contributed by atoms with E-state index in [1.807, 2.05) is 41.4 Å². The highest BCUT2D eigenvalue weighted by atomic mass is 32.1. The number of benzene rings is 2. The summed E-state index contributed by atoms with van der Waals surface area (Å²) in [6.45, 7) is 6.27. The van der Waals surface area contributed by atoms with Gasteiger partial charge in [-0.3, -0.25) is 14.8 Å². The lowest BCUT2D eigenvalue weighted by Crippen LogP contribution is -2.40. The number of fused-ring (bicyclic) bond motifs is 3. The summed E-state index contributed by atoms with van der Waals surface area (Å²) in [4.78, 5) is 22.5. The number of rotatable bonds is 5. The van der Waals surface area contributed by atoms with Crippen LogP contribution >= 0.6 is 11.3 Å². The Balaban J connectivity index is 1.02. The number of piperidine rings is 1. The van der Waals surface area contributed by atoms with Crippen molar-refractivity contribution in [2.75, 3.05) is 19.6 Å². The molecule has 1 amide bonds. The van der Waals surface area contributed by atoms with Crippen LogP contribution in [0.5, 0.6) is 0 Å². The number of likely N-dealkylation sites (tertiary alicyclic amines) is 1. The third-order valence-electron chi connectivity index (χ3n) is 8.08. The smallest absolute Gasteiger partial charge is 0.223 e. The number of amides is 1. The molecular weight excluding hydrogens is 494 g/mol. The molecule has 5 heterocycles. The fourth-order valence-electron chi connectivity index (χ4n) is 6.17. The molecule has 0 saturated carbocycles. The van der Waals surface area contributed by atoms with Crippen LogP contribution in [-0.2, 0) is 24.3 Å². The topological polar surface area (TPSA) is 78.3 Å². The number of carbonyl (C=O) groups is 1. The predicted octanol–water partition coefficient (Wildman–Crippen LogP) is 5.93. The maximum absolute atomic E-state index is 13.5. The van der Waals surface area contributed by atoms with E-state index < -0.39 is 0 Å². The molecule has 1 fully saturated rings. The molecule has 0 spiro atoms. The second-order valence-electron chi connectivity index (χ2n) is 10.7. The molecule has 5 aromatic rings. The average molecular weight is 526 g/mol. The van der Waals surface area contributed by atoms with Crippen molar-refractivity contribution in [3.05, 3.63) is 70.6 Å². The molecule has 0 radical (unpaired) electrons. The third kappa shape index (κ3) is 4.41. The first-order valence-corrected chi connectivity index (χ1v) is 14.4. The number of H-pyrrole nitrogens is 1. The minimum atomic E-state index is 0.262. The maximum Gasteiger partial charge on any atom is 0.223 e. The zero-order valence-corrected chi connectivity index (χ0v) is 22.4. The molecule has 0 aliphatic carbocycles. The number of aryl methyl sites for hydroxylation is 1.